The van der Waals surface area contributed by atoms with E-state index in [4.69, 9.17) is 0 Å². The van der Waals surface area contributed by atoms with Crippen LogP contribution in [-0.4, -0.2) is 21.1 Å². The molecule has 0 saturated carbocycles. The quantitative estimate of drug-likeness (QED) is 0.759. The molecule has 1 aliphatic heterocycles. The first kappa shape index (κ1) is 10.5. The molecular weight excluding hydrogens is 233 g/mol. The van der Waals surface area contributed by atoms with Gasteiger partial charge in [0.15, 0.2) is 11.3 Å². The monoisotopic (exact) mass is 242 g/mol. The van der Waals surface area contributed by atoms with Crippen LogP contribution in [0.5, 0.6) is 0 Å². The van der Waals surface area contributed by atoms with Crippen LogP contribution in [0.3, 0.4) is 0 Å². The average molecular weight is 242 g/mol. The van der Waals surface area contributed by atoms with Gasteiger partial charge in [0.05, 0.1) is 5.69 Å². The lowest BCUT2D eigenvalue weighted by Crippen LogP contribution is -2.26. The summed E-state index contributed by atoms with van der Waals surface area (Å²) >= 11 is 0. The molecule has 2 aromatic heterocycles. The molecule has 0 aliphatic carbocycles. The molecule has 1 N–H and O–H groups in total. The van der Waals surface area contributed by atoms with E-state index in [1.165, 1.54) is 4.52 Å². The first-order valence-electron chi connectivity index (χ1n) is 5.20. The van der Waals surface area contributed by atoms with E-state index in [2.05, 4.69) is 15.4 Å². The molecule has 0 aromatic carbocycles. The van der Waals surface area contributed by atoms with Crippen LogP contribution in [0.25, 0.3) is 5.65 Å². The molecule has 1 aliphatic rings. The molecule has 0 spiro atoms. The second kappa shape index (κ2) is 3.43. The minimum absolute atomic E-state index is 0.248. The van der Waals surface area contributed by atoms with Crippen molar-refractivity contribution >= 4 is 5.65 Å². The third-order valence-corrected chi connectivity index (χ3v) is 2.81. The van der Waals surface area contributed by atoms with Crippen molar-refractivity contribution in [3.8, 4) is 0 Å². The molecule has 7 heteroatoms. The number of nitrogens with zero attached hydrogens (tertiary/aromatic N) is 3. The number of rotatable bonds is 0. The highest BCUT2D eigenvalue weighted by Gasteiger charge is 2.34. The van der Waals surface area contributed by atoms with E-state index < -0.39 is 11.9 Å². The minimum atomic E-state index is -4.42. The fourth-order valence-corrected chi connectivity index (χ4v) is 2.00. The van der Waals surface area contributed by atoms with E-state index in [1.54, 1.807) is 6.20 Å². The third kappa shape index (κ3) is 1.66. The summed E-state index contributed by atoms with van der Waals surface area (Å²) in [5.74, 6) is 0. The average Bonchev–Trinajstić information content (AvgIpc) is 2.72. The van der Waals surface area contributed by atoms with Gasteiger partial charge in [-0.2, -0.15) is 18.3 Å². The van der Waals surface area contributed by atoms with Crippen molar-refractivity contribution in [2.24, 2.45) is 0 Å². The van der Waals surface area contributed by atoms with E-state index in [0.29, 0.717) is 13.0 Å². The molecule has 0 radical (unpaired) electrons. The van der Waals surface area contributed by atoms with Crippen LogP contribution >= 0.6 is 0 Å². The highest BCUT2D eigenvalue weighted by molar-refractivity contribution is 5.43. The molecule has 4 nitrogen and oxygen atoms in total. The van der Waals surface area contributed by atoms with Gasteiger partial charge in [0.1, 0.15) is 0 Å². The molecule has 17 heavy (non-hydrogen) atoms. The second-order valence-electron chi connectivity index (χ2n) is 3.95. The maximum Gasteiger partial charge on any atom is 0.435 e. The lowest BCUT2D eigenvalue weighted by molar-refractivity contribution is -0.141. The standard InChI is InChI=1S/C10H9F3N4/c11-10(12,13)8-3-9-15-5-6-4-14-2-1-7(6)17(9)16-8/h3,5,14H,1-2,4H2. The van der Waals surface area contributed by atoms with Gasteiger partial charge in [-0.05, 0) is 0 Å². The molecule has 0 saturated heterocycles. The molecule has 3 heterocycles. The third-order valence-electron chi connectivity index (χ3n) is 2.81. The Hall–Kier alpha value is -1.63. The summed E-state index contributed by atoms with van der Waals surface area (Å²) in [4.78, 5) is 3.99. The Morgan fingerprint density at radius 1 is 1.35 bits per heavy atom. The van der Waals surface area contributed by atoms with Crippen LogP contribution in [0, 0.1) is 0 Å². The van der Waals surface area contributed by atoms with E-state index in [1.807, 2.05) is 0 Å². The number of nitrogens with one attached hydrogen (secondary N) is 1. The highest BCUT2D eigenvalue weighted by Crippen LogP contribution is 2.29. The van der Waals surface area contributed by atoms with Crippen LogP contribution in [0.4, 0.5) is 13.2 Å². The summed E-state index contributed by atoms with van der Waals surface area (Å²) in [5.41, 5.74) is 1.07. The minimum Gasteiger partial charge on any atom is -0.312 e. The molecule has 0 bridgehead atoms. The zero-order valence-corrected chi connectivity index (χ0v) is 8.75. The van der Waals surface area contributed by atoms with Crippen LogP contribution < -0.4 is 5.32 Å². The Labute approximate surface area is 94.5 Å². The van der Waals surface area contributed by atoms with Gasteiger partial charge < -0.3 is 5.32 Å². The molecule has 2 aromatic rings. The lowest BCUT2D eigenvalue weighted by Gasteiger charge is -2.16. The van der Waals surface area contributed by atoms with Crippen molar-refractivity contribution in [1.82, 2.24) is 19.9 Å². The van der Waals surface area contributed by atoms with Crippen LogP contribution in [-0.2, 0) is 19.1 Å². The lowest BCUT2D eigenvalue weighted by atomic mass is 10.1. The van der Waals surface area contributed by atoms with Gasteiger partial charge in [0.25, 0.3) is 0 Å². The zero-order chi connectivity index (χ0) is 12.0. The molecule has 0 fully saturated rings. The first-order chi connectivity index (χ1) is 8.05. The Balaban J connectivity index is 2.22. The summed E-state index contributed by atoms with van der Waals surface area (Å²) < 4.78 is 38.9. The summed E-state index contributed by atoms with van der Waals surface area (Å²) in [7, 11) is 0. The topological polar surface area (TPSA) is 42.2 Å². The smallest absolute Gasteiger partial charge is 0.312 e. The Kier molecular flexibility index (Phi) is 2.12. The first-order valence-corrected chi connectivity index (χ1v) is 5.20. The summed E-state index contributed by atoms with van der Waals surface area (Å²) in [6.07, 6.45) is -2.15. The number of alkyl halides is 3. The van der Waals surface area contributed by atoms with E-state index in [9.17, 15) is 13.2 Å². The summed E-state index contributed by atoms with van der Waals surface area (Å²) in [5, 5.41) is 6.74. The molecule has 0 amide bonds. The fraction of sp³-hybridized carbons (Fsp3) is 0.400. The second-order valence-corrected chi connectivity index (χ2v) is 3.95. The predicted octanol–water partition coefficient (Wildman–Crippen LogP) is 1.39. The number of aromatic nitrogens is 3. The zero-order valence-electron chi connectivity index (χ0n) is 8.75. The SMILES string of the molecule is FC(F)(F)c1cc2ncc3c(n2n1)CCNC3. The van der Waals surface area contributed by atoms with Crippen molar-refractivity contribution in [2.45, 2.75) is 19.1 Å². The van der Waals surface area contributed by atoms with Gasteiger partial charge >= 0.3 is 6.18 Å². The van der Waals surface area contributed by atoms with Crippen molar-refractivity contribution in [2.75, 3.05) is 6.54 Å². The van der Waals surface area contributed by atoms with Crippen molar-refractivity contribution in [3.05, 3.63) is 29.2 Å². The number of hydrogen-bond donors (Lipinski definition) is 1. The summed E-state index contributed by atoms with van der Waals surface area (Å²) in [6.45, 7) is 1.37. The van der Waals surface area contributed by atoms with E-state index in [-0.39, 0.29) is 5.65 Å². The Morgan fingerprint density at radius 2 is 2.18 bits per heavy atom. The van der Waals surface area contributed by atoms with Crippen molar-refractivity contribution in [3.63, 3.8) is 0 Å². The maximum atomic E-state index is 12.5. The fourth-order valence-electron chi connectivity index (χ4n) is 2.00. The summed E-state index contributed by atoms with van der Waals surface area (Å²) in [6, 6.07) is 0.975. The molecular formula is C10H9F3N4. The van der Waals surface area contributed by atoms with Gasteiger partial charge in [-0.1, -0.05) is 0 Å². The van der Waals surface area contributed by atoms with Crippen LogP contribution in [0.2, 0.25) is 0 Å². The van der Waals surface area contributed by atoms with Gasteiger partial charge in [-0.3, -0.25) is 0 Å². The van der Waals surface area contributed by atoms with Gasteiger partial charge in [-0.25, -0.2) is 9.50 Å². The van der Waals surface area contributed by atoms with Crippen LogP contribution in [0.1, 0.15) is 17.0 Å². The van der Waals surface area contributed by atoms with E-state index >= 15 is 0 Å². The Bertz CT molecular complexity index is 573. The van der Waals surface area contributed by atoms with Gasteiger partial charge in [-0.15, -0.1) is 0 Å². The number of fused-ring (bicyclic) bond motifs is 3. The largest absolute Gasteiger partial charge is 0.435 e. The normalized spacial score (nSPS) is 16.2. The van der Waals surface area contributed by atoms with Crippen LogP contribution in [0.15, 0.2) is 12.3 Å². The van der Waals surface area contributed by atoms with Crippen molar-refractivity contribution < 1.29 is 13.2 Å². The number of halogens is 3. The molecule has 90 valence electrons. The van der Waals surface area contributed by atoms with Gasteiger partial charge in [0.2, 0.25) is 0 Å². The predicted molar refractivity (Wildman–Crippen MR) is 53.4 cm³/mol. The highest BCUT2D eigenvalue weighted by atomic mass is 19.4. The molecule has 0 unspecified atom stereocenters. The van der Waals surface area contributed by atoms with E-state index in [0.717, 1.165) is 23.9 Å². The number of hydrogen-bond acceptors (Lipinski definition) is 3. The maximum absolute atomic E-state index is 12.5. The molecule has 0 atom stereocenters. The molecule has 3 rings (SSSR count). The van der Waals surface area contributed by atoms with Gasteiger partial charge in [0, 0.05) is 37.3 Å². The van der Waals surface area contributed by atoms with Crippen molar-refractivity contribution in [1.29, 1.82) is 0 Å². The Morgan fingerprint density at radius 3 is 2.94 bits per heavy atom.